The third kappa shape index (κ3) is 2.82. The van der Waals surface area contributed by atoms with Gasteiger partial charge in [-0.15, -0.1) is 0 Å². The van der Waals surface area contributed by atoms with Crippen molar-refractivity contribution >= 4 is 33.7 Å². The Balaban J connectivity index is 1.77. The van der Waals surface area contributed by atoms with Gasteiger partial charge in [0.25, 0.3) is 0 Å². The number of ether oxygens (including phenoxy) is 1. The number of fused-ring (bicyclic) bond motifs is 2. The molecule has 4 aromatic carbocycles. The van der Waals surface area contributed by atoms with E-state index in [9.17, 15) is 5.11 Å². The van der Waals surface area contributed by atoms with Gasteiger partial charge in [-0.3, -0.25) is 0 Å². The second-order valence-electron chi connectivity index (χ2n) is 6.16. The molecule has 0 spiro atoms. The Morgan fingerprint density at radius 2 is 1.46 bits per heavy atom. The van der Waals surface area contributed by atoms with Crippen LogP contribution in [0.5, 0.6) is 17.2 Å². The zero-order valence-electron chi connectivity index (χ0n) is 14.3. The van der Waals surface area contributed by atoms with Crippen LogP contribution in [0.2, 0.25) is 0 Å². The lowest BCUT2D eigenvalue weighted by Crippen LogP contribution is -1.88. The fourth-order valence-corrected chi connectivity index (χ4v) is 3.24. The van der Waals surface area contributed by atoms with Crippen LogP contribution in [0.25, 0.3) is 33.7 Å². The molecule has 0 radical (unpaired) electrons. The van der Waals surface area contributed by atoms with Gasteiger partial charge in [0.1, 0.15) is 17.2 Å². The third-order valence-electron chi connectivity index (χ3n) is 4.50. The number of aromatic hydroxyl groups is 1. The van der Waals surface area contributed by atoms with Crippen LogP contribution < -0.4 is 4.74 Å². The van der Waals surface area contributed by atoms with Crippen LogP contribution in [0.3, 0.4) is 0 Å². The zero-order chi connectivity index (χ0) is 18.1. The molecule has 0 saturated carbocycles. The van der Waals surface area contributed by atoms with E-state index in [4.69, 9.17) is 4.74 Å². The van der Waals surface area contributed by atoms with Crippen LogP contribution in [0.4, 0.5) is 0 Å². The van der Waals surface area contributed by atoms with Gasteiger partial charge >= 0.3 is 0 Å². The minimum Gasteiger partial charge on any atom is -0.508 e. The third-order valence-corrected chi connectivity index (χ3v) is 4.50. The average molecular weight is 338 g/mol. The Kier molecular flexibility index (Phi) is 3.94. The van der Waals surface area contributed by atoms with E-state index in [-0.39, 0.29) is 5.75 Å². The lowest BCUT2D eigenvalue weighted by atomic mass is 10.0. The highest BCUT2D eigenvalue weighted by Gasteiger charge is 2.06. The quantitative estimate of drug-likeness (QED) is 0.444. The van der Waals surface area contributed by atoms with Gasteiger partial charge in [0.2, 0.25) is 0 Å². The summed E-state index contributed by atoms with van der Waals surface area (Å²) < 4.78 is 6.10. The number of rotatable bonds is 4. The molecule has 126 valence electrons. The largest absolute Gasteiger partial charge is 0.508 e. The predicted molar refractivity (Wildman–Crippen MR) is 110 cm³/mol. The molecule has 0 aromatic heterocycles. The molecule has 26 heavy (non-hydrogen) atoms. The number of benzene rings is 4. The summed E-state index contributed by atoms with van der Waals surface area (Å²) >= 11 is 0. The summed E-state index contributed by atoms with van der Waals surface area (Å²) in [6, 6.07) is 21.3. The van der Waals surface area contributed by atoms with Crippen LogP contribution in [-0.2, 0) is 0 Å². The van der Waals surface area contributed by atoms with Crippen molar-refractivity contribution in [3.8, 4) is 17.2 Å². The van der Waals surface area contributed by atoms with Crippen molar-refractivity contribution in [1.82, 2.24) is 0 Å². The molecule has 0 bridgehead atoms. The normalized spacial score (nSPS) is 10.8. The zero-order valence-corrected chi connectivity index (χ0v) is 14.3. The predicted octanol–water partition coefficient (Wildman–Crippen LogP) is 6.78. The van der Waals surface area contributed by atoms with E-state index in [0.29, 0.717) is 0 Å². The molecule has 0 aliphatic rings. The smallest absolute Gasteiger partial charge is 0.128 e. The van der Waals surface area contributed by atoms with E-state index in [0.717, 1.165) is 44.2 Å². The van der Waals surface area contributed by atoms with E-state index < -0.39 is 0 Å². The Hall–Kier alpha value is -3.52. The Morgan fingerprint density at radius 3 is 2.27 bits per heavy atom. The van der Waals surface area contributed by atoms with Crippen LogP contribution in [0, 0.1) is 0 Å². The molecule has 0 fully saturated rings. The minimum atomic E-state index is 0.238. The molecule has 2 heteroatoms. The molecule has 0 amide bonds. The van der Waals surface area contributed by atoms with Crippen molar-refractivity contribution < 1.29 is 9.84 Å². The number of phenols is 1. The summed E-state index contributed by atoms with van der Waals surface area (Å²) in [5.41, 5.74) is 2.02. The fraction of sp³-hybridized carbons (Fsp3) is 0. The molecule has 4 rings (SSSR count). The van der Waals surface area contributed by atoms with E-state index in [1.54, 1.807) is 18.2 Å². The van der Waals surface area contributed by atoms with Crippen LogP contribution in [-0.4, -0.2) is 5.11 Å². The van der Waals surface area contributed by atoms with E-state index in [1.807, 2.05) is 48.5 Å². The van der Waals surface area contributed by atoms with E-state index >= 15 is 0 Å². The van der Waals surface area contributed by atoms with Crippen molar-refractivity contribution in [2.24, 2.45) is 0 Å². The van der Waals surface area contributed by atoms with Crippen LogP contribution in [0.1, 0.15) is 11.1 Å². The Bertz CT molecular complexity index is 1160. The van der Waals surface area contributed by atoms with E-state index in [1.165, 1.54) is 0 Å². The first-order valence-electron chi connectivity index (χ1n) is 8.40. The SMILES string of the molecule is C=Cc1cccc2cc(Oc3cc(C=C)c4cc(O)ccc4c3)ccc12. The fourth-order valence-electron chi connectivity index (χ4n) is 3.24. The van der Waals surface area contributed by atoms with Crippen molar-refractivity contribution in [2.45, 2.75) is 0 Å². The first kappa shape index (κ1) is 16.0. The molecule has 0 heterocycles. The monoisotopic (exact) mass is 338 g/mol. The summed E-state index contributed by atoms with van der Waals surface area (Å²) in [6.07, 6.45) is 3.63. The lowest BCUT2D eigenvalue weighted by molar-refractivity contribution is 0.476. The van der Waals surface area contributed by atoms with Gasteiger partial charge < -0.3 is 9.84 Å². The maximum absolute atomic E-state index is 9.73. The van der Waals surface area contributed by atoms with Gasteiger partial charge in [0.15, 0.2) is 0 Å². The molecular formula is C24H18O2. The summed E-state index contributed by atoms with van der Waals surface area (Å²) in [4.78, 5) is 0. The summed E-state index contributed by atoms with van der Waals surface area (Å²) in [7, 11) is 0. The van der Waals surface area contributed by atoms with Gasteiger partial charge in [-0.2, -0.15) is 0 Å². The molecule has 4 aromatic rings. The molecule has 0 aliphatic heterocycles. The highest BCUT2D eigenvalue weighted by Crippen LogP contribution is 2.33. The maximum Gasteiger partial charge on any atom is 0.128 e. The average Bonchev–Trinajstić information content (AvgIpc) is 2.67. The summed E-state index contributed by atoms with van der Waals surface area (Å²) in [5.74, 6) is 1.74. The standard InChI is InChI=1S/C24H18O2/c1-3-16-6-5-7-18-13-21(10-11-23(16)18)26-22-12-17(4-2)24-15-20(25)9-8-19(24)14-22/h3-15,25H,1-2H2. The molecular weight excluding hydrogens is 320 g/mol. The molecule has 0 aliphatic carbocycles. The van der Waals surface area contributed by atoms with Crippen LogP contribution in [0.15, 0.2) is 79.9 Å². The van der Waals surface area contributed by atoms with Crippen molar-refractivity contribution in [2.75, 3.05) is 0 Å². The highest BCUT2D eigenvalue weighted by molar-refractivity contribution is 5.93. The highest BCUT2D eigenvalue weighted by atomic mass is 16.5. The molecule has 0 unspecified atom stereocenters. The molecule has 1 N–H and O–H groups in total. The Labute approximate surface area is 152 Å². The second kappa shape index (κ2) is 6.41. The van der Waals surface area contributed by atoms with Gasteiger partial charge in [-0.1, -0.05) is 55.6 Å². The van der Waals surface area contributed by atoms with Gasteiger partial charge in [-0.25, -0.2) is 0 Å². The Morgan fingerprint density at radius 1 is 0.692 bits per heavy atom. The van der Waals surface area contributed by atoms with E-state index in [2.05, 4.69) is 25.3 Å². The second-order valence-corrected chi connectivity index (χ2v) is 6.16. The van der Waals surface area contributed by atoms with Gasteiger partial charge in [-0.05, 0) is 69.1 Å². The first-order chi connectivity index (χ1) is 12.7. The lowest BCUT2D eigenvalue weighted by Gasteiger charge is -2.11. The van der Waals surface area contributed by atoms with Gasteiger partial charge in [0, 0.05) is 0 Å². The minimum absolute atomic E-state index is 0.238. The first-order valence-corrected chi connectivity index (χ1v) is 8.40. The summed E-state index contributed by atoms with van der Waals surface area (Å²) in [5, 5.41) is 13.9. The van der Waals surface area contributed by atoms with Crippen molar-refractivity contribution in [3.63, 3.8) is 0 Å². The summed E-state index contributed by atoms with van der Waals surface area (Å²) in [6.45, 7) is 7.74. The molecule has 0 atom stereocenters. The van der Waals surface area contributed by atoms with Crippen molar-refractivity contribution in [1.29, 1.82) is 0 Å². The van der Waals surface area contributed by atoms with Crippen LogP contribution >= 0.6 is 0 Å². The topological polar surface area (TPSA) is 29.5 Å². The van der Waals surface area contributed by atoms with Gasteiger partial charge in [0.05, 0.1) is 0 Å². The molecule has 2 nitrogen and oxygen atoms in total. The number of phenolic OH excluding ortho intramolecular Hbond substituents is 1. The van der Waals surface area contributed by atoms with Crippen molar-refractivity contribution in [3.05, 3.63) is 91.0 Å². The number of hydrogen-bond acceptors (Lipinski definition) is 2. The molecule has 0 saturated heterocycles. The maximum atomic E-state index is 9.73. The number of hydrogen-bond donors (Lipinski definition) is 1.